The number of nitrogens with zero attached hydrogens (tertiary/aromatic N) is 3. The van der Waals surface area contributed by atoms with Crippen LogP contribution in [0.2, 0.25) is 0 Å². The third-order valence-corrected chi connectivity index (χ3v) is 7.31. The van der Waals surface area contributed by atoms with Gasteiger partial charge in [0.25, 0.3) is 5.91 Å². The first-order valence-electron chi connectivity index (χ1n) is 11.5. The zero-order valence-electron chi connectivity index (χ0n) is 18.6. The minimum atomic E-state index is -0.536. The molecular formula is C26H24FN5O2. The van der Waals surface area contributed by atoms with Crippen LogP contribution in [0.4, 0.5) is 15.9 Å². The van der Waals surface area contributed by atoms with Crippen molar-refractivity contribution in [2.75, 3.05) is 29.4 Å². The molecule has 34 heavy (non-hydrogen) atoms. The number of fused-ring (bicyclic) bond motifs is 3. The first-order chi connectivity index (χ1) is 16.5. The van der Waals surface area contributed by atoms with Crippen LogP contribution >= 0.6 is 0 Å². The predicted octanol–water partition coefficient (Wildman–Crippen LogP) is 3.98. The van der Waals surface area contributed by atoms with Gasteiger partial charge in [-0.1, -0.05) is 18.2 Å². The first kappa shape index (κ1) is 20.7. The van der Waals surface area contributed by atoms with Crippen LogP contribution in [0.15, 0.2) is 54.7 Å². The Bertz CT molecular complexity index is 1450. The molecule has 0 bridgehead atoms. The number of hydrogen-bond acceptors (Lipinski definition) is 4. The van der Waals surface area contributed by atoms with Gasteiger partial charge in [-0.05, 0) is 49.6 Å². The molecule has 4 heterocycles. The van der Waals surface area contributed by atoms with Gasteiger partial charge in [0.05, 0.1) is 21.9 Å². The number of benzene rings is 2. The zero-order chi connectivity index (χ0) is 23.4. The van der Waals surface area contributed by atoms with Gasteiger partial charge in [0.1, 0.15) is 11.6 Å². The Morgan fingerprint density at radius 3 is 2.68 bits per heavy atom. The summed E-state index contributed by atoms with van der Waals surface area (Å²) < 4.78 is 13.4. The van der Waals surface area contributed by atoms with Crippen molar-refractivity contribution in [3.63, 3.8) is 0 Å². The molecule has 2 saturated heterocycles. The maximum absolute atomic E-state index is 13.7. The van der Waals surface area contributed by atoms with Crippen molar-refractivity contribution in [2.45, 2.75) is 19.3 Å². The maximum atomic E-state index is 13.7. The van der Waals surface area contributed by atoms with E-state index in [-0.39, 0.29) is 11.7 Å². The maximum Gasteiger partial charge on any atom is 0.252 e. The molecule has 0 radical (unpaired) electrons. The normalized spacial score (nSPS) is 20.7. The van der Waals surface area contributed by atoms with Crippen molar-refractivity contribution in [1.29, 1.82) is 0 Å². The second-order valence-corrected chi connectivity index (χ2v) is 9.27. The molecule has 0 aliphatic carbocycles. The molecule has 0 saturated carbocycles. The molecule has 8 heteroatoms. The summed E-state index contributed by atoms with van der Waals surface area (Å²) in [6.45, 7) is 1.85. The number of primary amides is 1. The lowest BCUT2D eigenvalue weighted by Gasteiger charge is -2.39. The molecule has 2 aliphatic rings. The van der Waals surface area contributed by atoms with Gasteiger partial charge in [-0.15, -0.1) is 0 Å². The number of anilines is 2. The van der Waals surface area contributed by atoms with E-state index in [2.05, 4.69) is 14.9 Å². The lowest BCUT2D eigenvalue weighted by molar-refractivity contribution is -0.129. The van der Waals surface area contributed by atoms with Crippen LogP contribution in [0, 0.1) is 11.2 Å². The Morgan fingerprint density at radius 2 is 1.88 bits per heavy atom. The van der Waals surface area contributed by atoms with E-state index in [4.69, 9.17) is 5.73 Å². The minimum Gasteiger partial charge on any atom is -0.365 e. The molecule has 1 atom stereocenters. The number of carbonyl (C=O) groups excluding carboxylic acids is 2. The van der Waals surface area contributed by atoms with Crippen molar-refractivity contribution >= 4 is 45.1 Å². The summed E-state index contributed by atoms with van der Waals surface area (Å²) in [5.74, 6) is -0.0214. The number of pyridine rings is 1. The smallest absolute Gasteiger partial charge is 0.252 e. The molecule has 172 valence electrons. The quantitative estimate of drug-likeness (QED) is 0.487. The standard InChI is InChI=1S/C26H24FN5O2/c27-16-6-8-17(9-7-16)32-12-3-10-26(25(32)34)11-13-31(15-26)24-21-18-4-1-2-5-20(18)30-22(21)19(14-29-24)23(28)33/h1-2,4-9,14,30H,3,10-13,15H2,(H2,28,33). The summed E-state index contributed by atoms with van der Waals surface area (Å²) in [6, 6.07) is 14.0. The summed E-state index contributed by atoms with van der Waals surface area (Å²) in [5, 5.41) is 1.81. The molecule has 1 spiro atoms. The van der Waals surface area contributed by atoms with Gasteiger partial charge in [0.2, 0.25) is 5.91 Å². The Hall–Kier alpha value is -3.94. The van der Waals surface area contributed by atoms with Gasteiger partial charge in [0.15, 0.2) is 0 Å². The van der Waals surface area contributed by atoms with E-state index in [1.807, 2.05) is 24.3 Å². The van der Waals surface area contributed by atoms with Crippen LogP contribution in [-0.2, 0) is 4.79 Å². The Kier molecular flexibility index (Phi) is 4.58. The lowest BCUT2D eigenvalue weighted by Crippen LogP contribution is -2.50. The molecule has 3 N–H and O–H groups in total. The number of aromatic amines is 1. The van der Waals surface area contributed by atoms with Crippen molar-refractivity contribution in [2.24, 2.45) is 11.1 Å². The van der Waals surface area contributed by atoms with Gasteiger partial charge in [-0.3, -0.25) is 9.59 Å². The van der Waals surface area contributed by atoms with Crippen molar-refractivity contribution < 1.29 is 14.0 Å². The fraction of sp³-hybridized carbons (Fsp3) is 0.269. The fourth-order valence-corrected chi connectivity index (χ4v) is 5.63. The molecular weight excluding hydrogens is 433 g/mol. The van der Waals surface area contributed by atoms with E-state index >= 15 is 0 Å². The predicted molar refractivity (Wildman–Crippen MR) is 129 cm³/mol. The van der Waals surface area contributed by atoms with Crippen molar-refractivity contribution in [3.8, 4) is 0 Å². The number of nitrogens with one attached hydrogen (secondary N) is 1. The molecule has 4 aromatic rings. The number of halogens is 1. The highest BCUT2D eigenvalue weighted by Gasteiger charge is 2.49. The van der Waals surface area contributed by atoms with Crippen LogP contribution in [0.3, 0.4) is 0 Å². The van der Waals surface area contributed by atoms with E-state index in [1.165, 1.54) is 18.3 Å². The Labute approximate surface area is 195 Å². The summed E-state index contributed by atoms with van der Waals surface area (Å²) in [5.41, 5.74) is 7.76. The number of H-pyrrole nitrogens is 1. The lowest BCUT2D eigenvalue weighted by atomic mass is 9.78. The zero-order valence-corrected chi connectivity index (χ0v) is 18.6. The second kappa shape index (κ2) is 7.55. The molecule has 2 amide bonds. The van der Waals surface area contributed by atoms with Crippen LogP contribution < -0.4 is 15.5 Å². The Balaban J connectivity index is 1.39. The summed E-state index contributed by atoms with van der Waals surface area (Å²) in [7, 11) is 0. The highest BCUT2D eigenvalue weighted by Crippen LogP contribution is 2.44. The number of para-hydroxylation sites is 1. The van der Waals surface area contributed by atoms with E-state index in [1.54, 1.807) is 17.0 Å². The van der Waals surface area contributed by atoms with Gasteiger partial charge in [-0.25, -0.2) is 9.37 Å². The number of hydrogen-bond donors (Lipinski definition) is 2. The Morgan fingerprint density at radius 1 is 1.09 bits per heavy atom. The summed E-state index contributed by atoms with van der Waals surface area (Å²) in [6.07, 6.45) is 3.92. The minimum absolute atomic E-state index is 0.0804. The fourth-order valence-electron chi connectivity index (χ4n) is 5.63. The van der Waals surface area contributed by atoms with Crippen LogP contribution in [0.25, 0.3) is 21.8 Å². The van der Waals surface area contributed by atoms with Gasteiger partial charge < -0.3 is 20.5 Å². The van der Waals surface area contributed by atoms with Crippen molar-refractivity contribution in [1.82, 2.24) is 9.97 Å². The SMILES string of the molecule is NC(=O)c1cnc(N2CCC3(CCCN(c4ccc(F)cc4)C3=O)C2)c2c1[nH]c1ccccc12. The van der Waals surface area contributed by atoms with Gasteiger partial charge >= 0.3 is 0 Å². The van der Waals surface area contributed by atoms with Gasteiger partial charge in [0, 0.05) is 42.4 Å². The number of aromatic nitrogens is 2. The number of rotatable bonds is 3. The van der Waals surface area contributed by atoms with E-state index < -0.39 is 11.3 Å². The number of nitrogens with two attached hydrogens (primary N) is 1. The first-order valence-corrected chi connectivity index (χ1v) is 11.5. The topological polar surface area (TPSA) is 95.3 Å². The van der Waals surface area contributed by atoms with Crippen LogP contribution in [0.1, 0.15) is 29.6 Å². The molecule has 2 aromatic carbocycles. The monoisotopic (exact) mass is 457 g/mol. The summed E-state index contributed by atoms with van der Waals surface area (Å²) >= 11 is 0. The van der Waals surface area contributed by atoms with Crippen LogP contribution in [0.5, 0.6) is 0 Å². The highest BCUT2D eigenvalue weighted by molar-refractivity contribution is 6.18. The van der Waals surface area contributed by atoms with E-state index in [0.29, 0.717) is 37.1 Å². The molecule has 7 nitrogen and oxygen atoms in total. The molecule has 1 unspecified atom stereocenters. The molecule has 2 fully saturated rings. The molecule has 2 aromatic heterocycles. The number of amides is 2. The van der Waals surface area contributed by atoms with E-state index in [9.17, 15) is 14.0 Å². The third kappa shape index (κ3) is 3.05. The van der Waals surface area contributed by atoms with Crippen molar-refractivity contribution in [3.05, 3.63) is 66.1 Å². The summed E-state index contributed by atoms with van der Waals surface area (Å²) in [4.78, 5) is 37.7. The largest absolute Gasteiger partial charge is 0.365 e. The second-order valence-electron chi connectivity index (χ2n) is 9.27. The highest BCUT2D eigenvalue weighted by atomic mass is 19.1. The van der Waals surface area contributed by atoms with E-state index in [0.717, 1.165) is 40.6 Å². The average Bonchev–Trinajstić information content (AvgIpc) is 3.44. The number of piperidine rings is 1. The number of carbonyl (C=O) groups is 2. The third-order valence-electron chi connectivity index (χ3n) is 7.31. The molecule has 2 aliphatic heterocycles. The van der Waals surface area contributed by atoms with Gasteiger partial charge in [-0.2, -0.15) is 0 Å². The molecule has 6 rings (SSSR count). The van der Waals surface area contributed by atoms with Crippen LogP contribution in [-0.4, -0.2) is 41.4 Å². The average molecular weight is 458 g/mol.